The number of carbonyl (C=O) groups is 1. The topological polar surface area (TPSA) is 126 Å². The zero-order valence-corrected chi connectivity index (χ0v) is 17.0. The van der Waals surface area contributed by atoms with Crippen LogP contribution in [-0.2, 0) is 19.0 Å². The van der Waals surface area contributed by atoms with Crippen LogP contribution in [0.4, 0.5) is 5.82 Å². The number of fused-ring (bicyclic) bond motifs is 4. The van der Waals surface area contributed by atoms with E-state index < -0.39 is 30.3 Å². The maximum absolute atomic E-state index is 13.2. The third-order valence-corrected chi connectivity index (χ3v) is 7.01. The quantitative estimate of drug-likeness (QED) is 0.765. The van der Waals surface area contributed by atoms with Crippen LogP contribution in [0.1, 0.15) is 45.8 Å². The number of hydrogen-bond donors (Lipinski definition) is 2. The van der Waals surface area contributed by atoms with Gasteiger partial charge in [-0.15, -0.1) is 0 Å². The van der Waals surface area contributed by atoms with Crippen molar-refractivity contribution in [2.24, 2.45) is 11.8 Å². The van der Waals surface area contributed by atoms with Crippen LogP contribution in [0.15, 0.2) is 12.7 Å². The molecule has 2 aliphatic carbocycles. The molecule has 3 N–H and O–H groups in total. The van der Waals surface area contributed by atoms with Crippen LogP contribution >= 0.6 is 0 Å². The monoisotopic (exact) mass is 414 g/mol. The van der Waals surface area contributed by atoms with Crippen molar-refractivity contribution in [1.29, 1.82) is 0 Å². The SMILES string of the molecule is CC1(C)O[C@@H]2[C@H](O1)[C@@H](C(=O)NC1C[C@@H]3CC[C@H]1C3)O[C@H]2n1cnc2c(N)ncnc21. The Morgan fingerprint density at radius 2 is 2.03 bits per heavy atom. The first kappa shape index (κ1) is 18.5. The van der Waals surface area contributed by atoms with Gasteiger partial charge in [0.05, 0.1) is 6.33 Å². The van der Waals surface area contributed by atoms with Gasteiger partial charge in [-0.3, -0.25) is 9.36 Å². The average molecular weight is 414 g/mol. The summed E-state index contributed by atoms with van der Waals surface area (Å²) < 4.78 is 20.2. The number of aromatic nitrogens is 4. The maximum atomic E-state index is 13.2. The summed E-state index contributed by atoms with van der Waals surface area (Å²) in [5.41, 5.74) is 6.95. The van der Waals surface area contributed by atoms with Gasteiger partial charge in [-0.05, 0) is 44.9 Å². The van der Waals surface area contributed by atoms with E-state index in [1.807, 2.05) is 13.8 Å². The van der Waals surface area contributed by atoms with Gasteiger partial charge in [-0.25, -0.2) is 15.0 Å². The molecule has 2 saturated carbocycles. The lowest BCUT2D eigenvalue weighted by Gasteiger charge is -2.27. The Morgan fingerprint density at radius 1 is 1.20 bits per heavy atom. The predicted molar refractivity (Wildman–Crippen MR) is 105 cm³/mol. The van der Waals surface area contributed by atoms with Crippen LogP contribution in [0.2, 0.25) is 0 Å². The number of hydrogen-bond acceptors (Lipinski definition) is 8. The van der Waals surface area contributed by atoms with Crippen molar-refractivity contribution >= 4 is 22.9 Å². The van der Waals surface area contributed by atoms with Crippen LogP contribution in [0.3, 0.4) is 0 Å². The van der Waals surface area contributed by atoms with E-state index in [-0.39, 0.29) is 11.9 Å². The molecule has 2 aromatic heterocycles. The van der Waals surface area contributed by atoms with Gasteiger partial charge in [-0.2, -0.15) is 0 Å². The Bertz CT molecular complexity index is 1010. The molecule has 1 amide bonds. The number of ether oxygens (including phenoxy) is 3. The second-order valence-corrected chi connectivity index (χ2v) is 9.38. The van der Waals surface area contributed by atoms with E-state index >= 15 is 0 Å². The first-order valence-electron chi connectivity index (χ1n) is 10.6. The molecule has 10 nitrogen and oxygen atoms in total. The molecule has 4 heterocycles. The molecule has 0 radical (unpaired) electrons. The van der Waals surface area contributed by atoms with Gasteiger partial charge in [0.2, 0.25) is 0 Å². The molecule has 160 valence electrons. The van der Waals surface area contributed by atoms with Crippen molar-refractivity contribution in [2.45, 2.75) is 75.9 Å². The van der Waals surface area contributed by atoms with Gasteiger partial charge in [0, 0.05) is 6.04 Å². The van der Waals surface area contributed by atoms with Gasteiger partial charge in [0.1, 0.15) is 24.1 Å². The normalized spacial score (nSPS) is 38.9. The summed E-state index contributed by atoms with van der Waals surface area (Å²) in [4.78, 5) is 25.8. The fraction of sp³-hybridized carbons (Fsp3) is 0.700. The lowest BCUT2D eigenvalue weighted by Crippen LogP contribution is -2.48. The van der Waals surface area contributed by atoms with Crippen molar-refractivity contribution in [1.82, 2.24) is 24.8 Å². The van der Waals surface area contributed by atoms with Gasteiger partial charge >= 0.3 is 0 Å². The first-order valence-corrected chi connectivity index (χ1v) is 10.6. The zero-order valence-electron chi connectivity index (χ0n) is 17.0. The molecular weight excluding hydrogens is 388 g/mol. The molecule has 0 spiro atoms. The third kappa shape index (κ3) is 2.74. The Kier molecular flexibility index (Phi) is 3.91. The number of imidazole rings is 1. The van der Waals surface area contributed by atoms with Crippen molar-refractivity contribution in [3.63, 3.8) is 0 Å². The van der Waals surface area contributed by atoms with Gasteiger partial charge < -0.3 is 25.3 Å². The molecule has 2 saturated heterocycles. The molecule has 2 aromatic rings. The molecular formula is C20H26N6O4. The molecule has 2 aliphatic heterocycles. The summed E-state index contributed by atoms with van der Waals surface area (Å²) in [5.74, 6) is 0.680. The number of nitrogen functional groups attached to an aromatic ring is 1. The van der Waals surface area contributed by atoms with E-state index in [0.717, 1.165) is 12.3 Å². The summed E-state index contributed by atoms with van der Waals surface area (Å²) in [6, 6.07) is 0.231. The number of amides is 1. The maximum Gasteiger partial charge on any atom is 0.252 e. The number of anilines is 1. The highest BCUT2D eigenvalue weighted by Crippen LogP contribution is 2.46. The van der Waals surface area contributed by atoms with Crippen LogP contribution < -0.4 is 11.1 Å². The largest absolute Gasteiger partial charge is 0.382 e. The fourth-order valence-electron chi connectivity index (χ4n) is 5.75. The predicted octanol–water partition coefficient (Wildman–Crippen LogP) is 1.13. The lowest BCUT2D eigenvalue weighted by molar-refractivity contribution is -0.197. The minimum atomic E-state index is -0.813. The average Bonchev–Trinajstić information content (AvgIpc) is 3.47. The highest BCUT2D eigenvalue weighted by molar-refractivity contribution is 5.83. The van der Waals surface area contributed by atoms with Crippen LogP contribution in [-0.4, -0.2) is 55.6 Å². The molecule has 4 aliphatic rings. The van der Waals surface area contributed by atoms with E-state index in [9.17, 15) is 4.79 Å². The van der Waals surface area contributed by atoms with Crippen molar-refractivity contribution in [2.75, 3.05) is 5.73 Å². The second kappa shape index (κ2) is 6.35. The molecule has 0 aromatic carbocycles. The van der Waals surface area contributed by atoms with E-state index in [2.05, 4.69) is 20.3 Å². The molecule has 7 atom stereocenters. The van der Waals surface area contributed by atoms with Crippen molar-refractivity contribution in [3.8, 4) is 0 Å². The zero-order chi connectivity index (χ0) is 20.6. The van der Waals surface area contributed by atoms with Crippen LogP contribution in [0.25, 0.3) is 11.2 Å². The van der Waals surface area contributed by atoms with Crippen LogP contribution in [0.5, 0.6) is 0 Å². The van der Waals surface area contributed by atoms with Crippen LogP contribution in [0, 0.1) is 11.8 Å². The minimum Gasteiger partial charge on any atom is -0.382 e. The summed E-state index contributed by atoms with van der Waals surface area (Å²) in [6.45, 7) is 3.69. The smallest absolute Gasteiger partial charge is 0.252 e. The molecule has 1 unspecified atom stereocenters. The minimum absolute atomic E-state index is 0.134. The van der Waals surface area contributed by atoms with Gasteiger partial charge in [-0.1, -0.05) is 6.42 Å². The Morgan fingerprint density at radius 3 is 2.80 bits per heavy atom. The standard InChI is InChI=1S/C20H26N6O4/c1-20(2)29-13-14(18(27)25-11-6-9-3-4-10(11)5-9)28-19(15(13)30-20)26-8-24-12-16(21)22-7-23-17(12)26/h7-11,13-15,19H,3-6H2,1-2H3,(H,25,27)(H2,21,22,23)/t9-,10+,11?,13-,14+,15-,19-/m1/s1. The number of nitrogens with one attached hydrogen (secondary N) is 1. The molecule has 2 bridgehead atoms. The van der Waals surface area contributed by atoms with E-state index in [1.54, 1.807) is 10.9 Å². The van der Waals surface area contributed by atoms with E-state index in [0.29, 0.717) is 22.9 Å². The van der Waals surface area contributed by atoms with Crippen molar-refractivity contribution < 1.29 is 19.0 Å². The van der Waals surface area contributed by atoms with Gasteiger partial charge in [0.15, 0.2) is 29.6 Å². The molecule has 4 fully saturated rings. The van der Waals surface area contributed by atoms with Crippen molar-refractivity contribution in [3.05, 3.63) is 12.7 Å². The number of nitrogens with zero attached hydrogens (tertiary/aromatic N) is 4. The highest BCUT2D eigenvalue weighted by Gasteiger charge is 2.58. The number of carbonyl (C=O) groups excluding carboxylic acids is 1. The molecule has 10 heteroatoms. The second-order valence-electron chi connectivity index (χ2n) is 9.38. The fourth-order valence-corrected chi connectivity index (χ4v) is 5.75. The molecule has 6 rings (SSSR count). The Labute approximate surface area is 173 Å². The first-order chi connectivity index (χ1) is 14.4. The summed E-state index contributed by atoms with van der Waals surface area (Å²) in [5, 5.41) is 3.23. The lowest BCUT2D eigenvalue weighted by atomic mass is 9.95. The summed E-state index contributed by atoms with van der Waals surface area (Å²) in [7, 11) is 0. The van der Waals surface area contributed by atoms with E-state index in [4.69, 9.17) is 19.9 Å². The van der Waals surface area contributed by atoms with Gasteiger partial charge in [0.25, 0.3) is 5.91 Å². The molecule has 30 heavy (non-hydrogen) atoms. The third-order valence-electron chi connectivity index (χ3n) is 7.01. The number of nitrogens with two attached hydrogens (primary N) is 1. The van der Waals surface area contributed by atoms with E-state index in [1.165, 1.54) is 25.6 Å². The highest BCUT2D eigenvalue weighted by atomic mass is 16.8. The number of rotatable bonds is 3. The Hall–Kier alpha value is -2.30. The summed E-state index contributed by atoms with van der Waals surface area (Å²) in [6.07, 6.45) is 5.40. The summed E-state index contributed by atoms with van der Waals surface area (Å²) >= 11 is 0. The Balaban J connectivity index is 1.29.